The summed E-state index contributed by atoms with van der Waals surface area (Å²) in [6, 6.07) is 1.65. The molecule has 1 heterocycles. The molecule has 0 radical (unpaired) electrons. The second-order valence-corrected chi connectivity index (χ2v) is 5.31. The van der Waals surface area contributed by atoms with Gasteiger partial charge in [0, 0.05) is 6.61 Å². The number of rotatable bonds is 3. The van der Waals surface area contributed by atoms with E-state index in [1.165, 1.54) is 0 Å². The van der Waals surface area contributed by atoms with Crippen LogP contribution in [0.2, 0.25) is 0 Å². The van der Waals surface area contributed by atoms with Gasteiger partial charge < -0.3 is 4.74 Å². The number of ether oxygens (including phenoxy) is 1. The third-order valence-electron chi connectivity index (χ3n) is 2.00. The maximum absolute atomic E-state index is 11.2. The second kappa shape index (κ2) is 4.58. The first-order valence-corrected chi connectivity index (χ1v) is 6.15. The zero-order chi connectivity index (χ0) is 9.73. The third kappa shape index (κ3) is 3.75. The fourth-order valence-corrected chi connectivity index (χ4v) is 2.52. The van der Waals surface area contributed by atoms with Crippen LogP contribution in [0.5, 0.6) is 0 Å². The molecule has 0 aromatic heterocycles. The maximum atomic E-state index is 11.2. The number of nitrogens with zero attached hydrogens (tertiary/aromatic N) is 1. The van der Waals surface area contributed by atoms with Crippen LogP contribution in [0.25, 0.3) is 0 Å². The Morgan fingerprint density at radius 1 is 1.46 bits per heavy atom. The fourth-order valence-electron chi connectivity index (χ4n) is 1.38. The molecule has 4 nitrogen and oxygen atoms in total. The van der Waals surface area contributed by atoms with Crippen molar-refractivity contribution in [3.63, 3.8) is 0 Å². The number of sulfone groups is 1. The van der Waals surface area contributed by atoms with E-state index in [-0.39, 0.29) is 11.9 Å². The van der Waals surface area contributed by atoms with Crippen LogP contribution >= 0.6 is 0 Å². The summed E-state index contributed by atoms with van der Waals surface area (Å²) < 4.78 is 27.7. The summed E-state index contributed by atoms with van der Waals surface area (Å²) in [7, 11) is -3.22. The lowest BCUT2D eigenvalue weighted by molar-refractivity contribution is 0.0305. The van der Waals surface area contributed by atoms with Crippen LogP contribution in [-0.2, 0) is 14.6 Å². The minimum Gasteiger partial charge on any atom is -0.377 e. The monoisotopic (exact) mass is 203 g/mol. The molecule has 1 saturated heterocycles. The molecule has 1 fully saturated rings. The SMILES string of the molecule is N#CCS(=O)(=O)CC1CCCCO1. The lowest BCUT2D eigenvalue weighted by Crippen LogP contribution is -2.28. The molecule has 1 rings (SSSR count). The van der Waals surface area contributed by atoms with Crippen LogP contribution in [0.1, 0.15) is 19.3 Å². The van der Waals surface area contributed by atoms with Gasteiger partial charge in [0.25, 0.3) is 0 Å². The molecule has 0 N–H and O–H groups in total. The molecule has 74 valence electrons. The molecule has 1 aliphatic rings. The molecule has 1 atom stereocenters. The quantitative estimate of drug-likeness (QED) is 0.669. The van der Waals surface area contributed by atoms with Gasteiger partial charge in [-0.3, -0.25) is 0 Å². The van der Waals surface area contributed by atoms with E-state index in [1.807, 2.05) is 0 Å². The Bertz CT molecular complexity index is 285. The second-order valence-electron chi connectivity index (χ2n) is 3.20. The van der Waals surface area contributed by atoms with Crippen molar-refractivity contribution in [2.45, 2.75) is 25.4 Å². The highest BCUT2D eigenvalue weighted by atomic mass is 32.2. The van der Waals surface area contributed by atoms with E-state index < -0.39 is 15.6 Å². The number of hydrogen-bond acceptors (Lipinski definition) is 4. The van der Waals surface area contributed by atoms with Gasteiger partial charge in [0.05, 0.1) is 17.9 Å². The lowest BCUT2D eigenvalue weighted by Gasteiger charge is -2.21. The Kier molecular flexibility index (Phi) is 3.70. The van der Waals surface area contributed by atoms with Crippen LogP contribution in [0.15, 0.2) is 0 Å². The van der Waals surface area contributed by atoms with E-state index in [0.29, 0.717) is 6.61 Å². The van der Waals surface area contributed by atoms with Crippen molar-refractivity contribution in [3.8, 4) is 6.07 Å². The zero-order valence-electron chi connectivity index (χ0n) is 7.40. The van der Waals surface area contributed by atoms with E-state index in [2.05, 4.69) is 0 Å². The Morgan fingerprint density at radius 3 is 2.77 bits per heavy atom. The predicted octanol–water partition coefficient (Wildman–Crippen LogP) is 0.494. The van der Waals surface area contributed by atoms with Gasteiger partial charge in [0.15, 0.2) is 9.84 Å². The molecule has 0 amide bonds. The average molecular weight is 203 g/mol. The molecule has 0 aromatic rings. The zero-order valence-corrected chi connectivity index (χ0v) is 8.22. The summed E-state index contributed by atoms with van der Waals surface area (Å²) in [5, 5.41) is 8.26. The van der Waals surface area contributed by atoms with Gasteiger partial charge in [-0.2, -0.15) is 5.26 Å². The van der Waals surface area contributed by atoms with Crippen molar-refractivity contribution in [2.24, 2.45) is 0 Å². The first-order chi connectivity index (χ1) is 6.14. The van der Waals surface area contributed by atoms with Crippen molar-refractivity contribution in [2.75, 3.05) is 18.1 Å². The first-order valence-electron chi connectivity index (χ1n) is 4.33. The normalized spacial score (nSPS) is 23.8. The smallest absolute Gasteiger partial charge is 0.166 e. The molecule has 13 heavy (non-hydrogen) atoms. The van der Waals surface area contributed by atoms with Crippen LogP contribution in [0.4, 0.5) is 0 Å². The summed E-state index contributed by atoms with van der Waals surface area (Å²) in [6.07, 6.45) is 2.64. The van der Waals surface area contributed by atoms with Crippen LogP contribution in [0.3, 0.4) is 0 Å². The summed E-state index contributed by atoms with van der Waals surface area (Å²) in [5.74, 6) is -0.395. The Hall–Kier alpha value is -0.600. The van der Waals surface area contributed by atoms with Gasteiger partial charge in [0.1, 0.15) is 5.75 Å². The molecule has 0 aromatic carbocycles. The minimum absolute atomic E-state index is 0.000556. The van der Waals surface area contributed by atoms with Gasteiger partial charge in [-0.1, -0.05) is 0 Å². The van der Waals surface area contributed by atoms with Crippen LogP contribution in [0, 0.1) is 11.3 Å². The molecule has 5 heteroatoms. The van der Waals surface area contributed by atoms with Crippen molar-refractivity contribution in [1.82, 2.24) is 0 Å². The standard InChI is InChI=1S/C8H13NO3S/c9-4-6-13(10,11)7-8-3-1-2-5-12-8/h8H,1-3,5-7H2. The highest BCUT2D eigenvalue weighted by Gasteiger charge is 2.21. The number of nitriles is 1. The number of hydrogen-bond donors (Lipinski definition) is 0. The molecule has 0 aliphatic carbocycles. The molecule has 1 unspecified atom stereocenters. The Labute approximate surface area is 78.4 Å². The van der Waals surface area contributed by atoms with Crippen molar-refractivity contribution in [3.05, 3.63) is 0 Å². The van der Waals surface area contributed by atoms with Crippen molar-refractivity contribution in [1.29, 1.82) is 5.26 Å². The first kappa shape index (κ1) is 10.5. The summed E-state index contributed by atoms with van der Waals surface area (Å²) in [5.41, 5.74) is 0. The third-order valence-corrected chi connectivity index (χ3v) is 3.45. The lowest BCUT2D eigenvalue weighted by atomic mass is 10.1. The largest absolute Gasteiger partial charge is 0.377 e. The Balaban J connectivity index is 2.43. The van der Waals surface area contributed by atoms with E-state index in [1.54, 1.807) is 6.07 Å². The molecule has 1 aliphatic heterocycles. The molecule has 0 spiro atoms. The van der Waals surface area contributed by atoms with Gasteiger partial charge in [-0.15, -0.1) is 0 Å². The maximum Gasteiger partial charge on any atom is 0.166 e. The molecule has 0 bridgehead atoms. The van der Waals surface area contributed by atoms with Gasteiger partial charge in [-0.05, 0) is 19.3 Å². The fraction of sp³-hybridized carbons (Fsp3) is 0.875. The van der Waals surface area contributed by atoms with Crippen LogP contribution in [-0.4, -0.2) is 32.6 Å². The highest BCUT2D eigenvalue weighted by Crippen LogP contribution is 2.14. The van der Waals surface area contributed by atoms with E-state index in [9.17, 15) is 8.42 Å². The molecular weight excluding hydrogens is 190 g/mol. The van der Waals surface area contributed by atoms with Gasteiger partial charge in [-0.25, -0.2) is 8.42 Å². The highest BCUT2D eigenvalue weighted by molar-refractivity contribution is 7.91. The predicted molar refractivity (Wildman–Crippen MR) is 47.9 cm³/mol. The van der Waals surface area contributed by atoms with Crippen LogP contribution < -0.4 is 0 Å². The van der Waals surface area contributed by atoms with E-state index in [0.717, 1.165) is 19.3 Å². The van der Waals surface area contributed by atoms with E-state index in [4.69, 9.17) is 10.00 Å². The average Bonchev–Trinajstić information content (AvgIpc) is 2.04. The summed E-state index contributed by atoms with van der Waals surface area (Å²) in [6.45, 7) is 0.646. The topological polar surface area (TPSA) is 67.2 Å². The van der Waals surface area contributed by atoms with Gasteiger partial charge >= 0.3 is 0 Å². The summed E-state index contributed by atoms with van der Waals surface area (Å²) >= 11 is 0. The Morgan fingerprint density at radius 2 is 2.23 bits per heavy atom. The minimum atomic E-state index is -3.22. The molecular formula is C8H13NO3S. The van der Waals surface area contributed by atoms with Crippen molar-refractivity contribution < 1.29 is 13.2 Å². The van der Waals surface area contributed by atoms with Gasteiger partial charge in [0.2, 0.25) is 0 Å². The molecule has 0 saturated carbocycles. The summed E-state index contributed by atoms with van der Waals surface area (Å²) in [4.78, 5) is 0. The van der Waals surface area contributed by atoms with E-state index >= 15 is 0 Å². The van der Waals surface area contributed by atoms with Crippen molar-refractivity contribution >= 4 is 9.84 Å².